The summed E-state index contributed by atoms with van der Waals surface area (Å²) in [7, 11) is 0. The van der Waals surface area contributed by atoms with Gasteiger partial charge in [-0.15, -0.1) is 0 Å². The van der Waals surface area contributed by atoms with Crippen LogP contribution >= 0.6 is 0 Å². The van der Waals surface area contributed by atoms with E-state index < -0.39 is 0 Å². The Hall–Kier alpha value is -0.860. The van der Waals surface area contributed by atoms with Crippen LogP contribution in [-0.4, -0.2) is 37.2 Å². The number of piperidine rings is 3. The lowest BCUT2D eigenvalue weighted by atomic mass is 9.77. The zero-order valence-electron chi connectivity index (χ0n) is 14.3. The van der Waals surface area contributed by atoms with E-state index in [9.17, 15) is 0 Å². The topological polar surface area (TPSA) is 12.5 Å². The molecule has 23 heavy (non-hydrogen) atoms. The Morgan fingerprint density at radius 3 is 2.35 bits per heavy atom. The Balaban J connectivity index is 1.43. The minimum atomic E-state index is 0.493. The van der Waals surface area contributed by atoms with E-state index in [1.54, 1.807) is 0 Å². The molecule has 2 unspecified atom stereocenters. The summed E-state index contributed by atoms with van der Waals surface area (Å²) in [4.78, 5) is 2.60. The van der Waals surface area contributed by atoms with Crippen LogP contribution in [0.5, 0.6) is 0 Å². The maximum absolute atomic E-state index is 6.54. The van der Waals surface area contributed by atoms with Crippen LogP contribution in [0.3, 0.4) is 0 Å². The zero-order valence-corrected chi connectivity index (χ0v) is 14.3. The van der Waals surface area contributed by atoms with Gasteiger partial charge in [0.05, 0.1) is 12.7 Å². The van der Waals surface area contributed by atoms with Crippen LogP contribution < -0.4 is 0 Å². The third kappa shape index (κ3) is 3.64. The smallest absolute Gasteiger partial charge is 0.0731 e. The maximum atomic E-state index is 6.54. The molecule has 0 N–H and O–H groups in total. The fourth-order valence-electron chi connectivity index (χ4n) is 5.07. The van der Waals surface area contributed by atoms with Crippen LogP contribution in [-0.2, 0) is 4.74 Å². The average Bonchev–Trinajstić information content (AvgIpc) is 2.65. The van der Waals surface area contributed by atoms with E-state index >= 15 is 0 Å². The number of ether oxygens (including phenoxy) is 1. The van der Waals surface area contributed by atoms with Gasteiger partial charge in [-0.2, -0.15) is 0 Å². The number of nitrogens with zero attached hydrogens (tertiary/aromatic N) is 1. The largest absolute Gasteiger partial charge is 0.376 e. The second-order valence-electron chi connectivity index (χ2n) is 7.93. The molecule has 2 heteroatoms. The summed E-state index contributed by atoms with van der Waals surface area (Å²) in [5.41, 5.74) is 1.50. The van der Waals surface area contributed by atoms with Crippen molar-refractivity contribution in [1.82, 2.24) is 4.90 Å². The fourth-order valence-corrected chi connectivity index (χ4v) is 5.07. The Kier molecular flexibility index (Phi) is 5.01. The normalized spacial score (nSPS) is 32.8. The molecule has 0 spiro atoms. The van der Waals surface area contributed by atoms with Gasteiger partial charge < -0.3 is 9.64 Å². The van der Waals surface area contributed by atoms with Crippen molar-refractivity contribution in [3.63, 3.8) is 0 Å². The molecule has 1 aromatic carbocycles. The molecule has 1 aromatic rings. The Labute approximate surface area is 141 Å². The van der Waals surface area contributed by atoms with Gasteiger partial charge in [-0.25, -0.2) is 0 Å². The standard InChI is InChI=1S/C21H31NO/c1-3-7-17(8-4-1)20(18-9-5-2-6-10-18)16-23-21-15-22-13-11-19(21)12-14-22/h1,3-4,7-8,18-21H,2,5-6,9-16H2. The number of fused-ring (bicyclic) bond motifs is 3. The van der Waals surface area contributed by atoms with Crippen molar-refractivity contribution in [2.75, 3.05) is 26.2 Å². The van der Waals surface area contributed by atoms with Crippen molar-refractivity contribution in [1.29, 1.82) is 0 Å². The molecule has 2 atom stereocenters. The lowest BCUT2D eigenvalue weighted by Gasteiger charge is -2.45. The number of rotatable bonds is 5. The van der Waals surface area contributed by atoms with Crippen LogP contribution in [0.15, 0.2) is 30.3 Å². The first kappa shape index (κ1) is 15.7. The highest BCUT2D eigenvalue weighted by molar-refractivity contribution is 5.20. The SMILES string of the molecule is c1ccc(C(COC2CN3CCC2CC3)C2CCCCC2)cc1. The van der Waals surface area contributed by atoms with Crippen LogP contribution in [0, 0.1) is 11.8 Å². The van der Waals surface area contributed by atoms with E-state index in [0.717, 1.165) is 18.4 Å². The van der Waals surface area contributed by atoms with E-state index in [1.807, 2.05) is 0 Å². The van der Waals surface area contributed by atoms with Crippen molar-refractivity contribution in [3.8, 4) is 0 Å². The van der Waals surface area contributed by atoms with Crippen LogP contribution in [0.4, 0.5) is 0 Å². The van der Waals surface area contributed by atoms with E-state index in [-0.39, 0.29) is 0 Å². The second kappa shape index (κ2) is 7.36. The predicted molar refractivity (Wildman–Crippen MR) is 94.7 cm³/mol. The quantitative estimate of drug-likeness (QED) is 0.795. The van der Waals surface area contributed by atoms with Gasteiger partial charge in [0.25, 0.3) is 0 Å². The van der Waals surface area contributed by atoms with Crippen molar-refractivity contribution in [2.45, 2.75) is 57.0 Å². The van der Waals surface area contributed by atoms with E-state index in [1.165, 1.54) is 70.1 Å². The molecule has 2 bridgehead atoms. The molecule has 1 aliphatic carbocycles. The minimum Gasteiger partial charge on any atom is -0.376 e. The van der Waals surface area contributed by atoms with Crippen LogP contribution in [0.2, 0.25) is 0 Å². The third-order valence-corrected chi connectivity index (χ3v) is 6.53. The number of hydrogen-bond acceptors (Lipinski definition) is 2. The average molecular weight is 313 g/mol. The lowest BCUT2D eigenvalue weighted by molar-refractivity contribution is -0.0773. The molecule has 4 aliphatic rings. The molecule has 0 radical (unpaired) electrons. The molecule has 3 heterocycles. The molecule has 3 saturated heterocycles. The van der Waals surface area contributed by atoms with Gasteiger partial charge in [0.15, 0.2) is 0 Å². The van der Waals surface area contributed by atoms with Gasteiger partial charge in [0.2, 0.25) is 0 Å². The third-order valence-electron chi connectivity index (χ3n) is 6.53. The van der Waals surface area contributed by atoms with Gasteiger partial charge in [0.1, 0.15) is 0 Å². The monoisotopic (exact) mass is 313 g/mol. The summed E-state index contributed by atoms with van der Waals surface area (Å²) < 4.78 is 6.54. The molecule has 5 rings (SSSR count). The van der Waals surface area contributed by atoms with Crippen LogP contribution in [0.1, 0.15) is 56.4 Å². The fraction of sp³-hybridized carbons (Fsp3) is 0.714. The van der Waals surface area contributed by atoms with E-state index in [2.05, 4.69) is 35.2 Å². The minimum absolute atomic E-state index is 0.493. The first-order valence-electron chi connectivity index (χ1n) is 9.79. The number of hydrogen-bond donors (Lipinski definition) is 0. The van der Waals surface area contributed by atoms with Gasteiger partial charge >= 0.3 is 0 Å². The lowest BCUT2D eigenvalue weighted by Crippen LogP contribution is -2.51. The number of benzene rings is 1. The molecular formula is C21H31NO. The molecular weight excluding hydrogens is 282 g/mol. The van der Waals surface area contributed by atoms with Gasteiger partial charge in [-0.1, -0.05) is 49.6 Å². The Bertz CT molecular complexity index is 474. The van der Waals surface area contributed by atoms with Gasteiger partial charge in [-0.3, -0.25) is 0 Å². The highest BCUT2D eigenvalue weighted by Crippen LogP contribution is 2.37. The highest BCUT2D eigenvalue weighted by atomic mass is 16.5. The summed E-state index contributed by atoms with van der Waals surface area (Å²) in [6, 6.07) is 11.2. The second-order valence-corrected chi connectivity index (χ2v) is 7.93. The molecule has 0 amide bonds. The van der Waals surface area contributed by atoms with Gasteiger partial charge in [-0.05, 0) is 56.2 Å². The van der Waals surface area contributed by atoms with E-state index in [4.69, 9.17) is 4.74 Å². The first-order valence-corrected chi connectivity index (χ1v) is 9.79. The zero-order chi connectivity index (χ0) is 15.5. The van der Waals surface area contributed by atoms with Crippen molar-refractivity contribution in [3.05, 3.63) is 35.9 Å². The summed E-state index contributed by atoms with van der Waals surface area (Å²) in [6.07, 6.45) is 10.2. The molecule has 126 valence electrons. The van der Waals surface area contributed by atoms with Gasteiger partial charge in [0, 0.05) is 12.5 Å². The predicted octanol–water partition coefficient (Wildman–Crippen LogP) is 4.46. The summed E-state index contributed by atoms with van der Waals surface area (Å²) in [5.74, 6) is 2.25. The summed E-state index contributed by atoms with van der Waals surface area (Å²) >= 11 is 0. The maximum Gasteiger partial charge on any atom is 0.0731 e. The molecule has 0 aromatic heterocycles. The first-order chi connectivity index (χ1) is 11.4. The summed E-state index contributed by atoms with van der Waals surface area (Å²) in [5, 5.41) is 0. The summed E-state index contributed by atoms with van der Waals surface area (Å²) in [6.45, 7) is 4.71. The van der Waals surface area contributed by atoms with Crippen molar-refractivity contribution in [2.24, 2.45) is 11.8 Å². The van der Waals surface area contributed by atoms with Crippen molar-refractivity contribution < 1.29 is 4.74 Å². The van der Waals surface area contributed by atoms with Crippen LogP contribution in [0.25, 0.3) is 0 Å². The Morgan fingerprint density at radius 1 is 0.957 bits per heavy atom. The van der Waals surface area contributed by atoms with Crippen molar-refractivity contribution >= 4 is 0 Å². The molecule has 2 nitrogen and oxygen atoms in total. The molecule has 1 saturated carbocycles. The Morgan fingerprint density at radius 2 is 1.70 bits per heavy atom. The molecule has 4 fully saturated rings. The molecule has 3 aliphatic heterocycles. The highest BCUT2D eigenvalue weighted by Gasteiger charge is 2.35. The van der Waals surface area contributed by atoms with E-state index in [0.29, 0.717) is 12.0 Å².